The van der Waals surface area contributed by atoms with E-state index < -0.39 is 0 Å². The van der Waals surface area contributed by atoms with Crippen LogP contribution in [-0.2, 0) is 6.54 Å². The lowest BCUT2D eigenvalue weighted by atomic mass is 10.2. The first-order chi connectivity index (χ1) is 7.38. The Bertz CT molecular complexity index is 599. The molecule has 72 valence electrons. The van der Waals surface area contributed by atoms with Crippen LogP contribution in [0.15, 0.2) is 30.5 Å². The summed E-state index contributed by atoms with van der Waals surface area (Å²) in [5, 5.41) is 13.1. The molecule has 0 aliphatic carbocycles. The number of fused-ring (bicyclic) bond motifs is 3. The van der Waals surface area contributed by atoms with Gasteiger partial charge in [0.15, 0.2) is 0 Å². The number of nitrogens with zero attached hydrogens (tertiary/aromatic N) is 2. The Hall–Kier alpha value is -2.21. The average molecular weight is 195 g/mol. The van der Waals surface area contributed by atoms with Gasteiger partial charge in [-0.05, 0) is 24.3 Å². The zero-order valence-electron chi connectivity index (χ0n) is 8.07. The third-order valence-corrected chi connectivity index (χ3v) is 2.67. The van der Waals surface area contributed by atoms with Crippen LogP contribution in [0.25, 0.3) is 17.1 Å². The highest BCUT2D eigenvalue weighted by atomic mass is 15.0. The van der Waals surface area contributed by atoms with Crippen molar-refractivity contribution < 1.29 is 0 Å². The highest BCUT2D eigenvalue weighted by Gasteiger charge is 2.09. The normalized spacial score (nSPS) is 13.3. The predicted octanol–water partition coefficient (Wildman–Crippen LogP) is 2.04. The van der Waals surface area contributed by atoms with E-state index >= 15 is 0 Å². The zero-order chi connectivity index (χ0) is 10.3. The summed E-state index contributed by atoms with van der Waals surface area (Å²) in [6.45, 7) is 0.840. The second-order valence-electron chi connectivity index (χ2n) is 3.59. The van der Waals surface area contributed by atoms with Gasteiger partial charge in [-0.15, -0.1) is 0 Å². The molecule has 0 bridgehead atoms. The Labute approximate surface area is 87.2 Å². The molecule has 1 aromatic heterocycles. The topological polar surface area (TPSA) is 40.8 Å². The number of hydrogen-bond donors (Lipinski definition) is 1. The van der Waals surface area contributed by atoms with E-state index in [0.29, 0.717) is 5.56 Å². The van der Waals surface area contributed by atoms with Crippen LogP contribution in [0.4, 0.5) is 0 Å². The molecule has 0 radical (unpaired) electrons. The summed E-state index contributed by atoms with van der Waals surface area (Å²) in [7, 11) is 0. The third-order valence-electron chi connectivity index (χ3n) is 2.67. The SMILES string of the molecule is N#Cc1ccc2c(c1)cc1n2C=CNC1. The van der Waals surface area contributed by atoms with Gasteiger partial charge in [0.1, 0.15) is 0 Å². The molecule has 0 fully saturated rings. The van der Waals surface area contributed by atoms with E-state index in [2.05, 4.69) is 22.0 Å². The van der Waals surface area contributed by atoms with Crippen molar-refractivity contribution in [3.63, 3.8) is 0 Å². The fourth-order valence-electron chi connectivity index (χ4n) is 1.97. The summed E-state index contributed by atoms with van der Waals surface area (Å²) in [6.07, 6.45) is 3.94. The molecule has 1 N–H and O–H groups in total. The maximum absolute atomic E-state index is 8.82. The van der Waals surface area contributed by atoms with Crippen LogP contribution in [0.1, 0.15) is 11.3 Å². The molecule has 0 saturated carbocycles. The standard InChI is InChI=1S/C12H9N3/c13-7-9-1-2-12-10(5-9)6-11-8-14-3-4-15(11)12/h1-6,14H,8H2. The fourth-order valence-corrected chi connectivity index (χ4v) is 1.97. The second kappa shape index (κ2) is 2.89. The molecular weight excluding hydrogens is 186 g/mol. The molecular formula is C12H9N3. The highest BCUT2D eigenvalue weighted by Crippen LogP contribution is 2.22. The fraction of sp³-hybridized carbons (Fsp3) is 0.0833. The van der Waals surface area contributed by atoms with Gasteiger partial charge >= 0.3 is 0 Å². The van der Waals surface area contributed by atoms with Crippen LogP contribution in [0.3, 0.4) is 0 Å². The van der Waals surface area contributed by atoms with Crippen LogP contribution >= 0.6 is 0 Å². The van der Waals surface area contributed by atoms with E-state index in [1.807, 2.05) is 30.6 Å². The van der Waals surface area contributed by atoms with Crippen molar-refractivity contribution in [1.82, 2.24) is 9.88 Å². The van der Waals surface area contributed by atoms with Gasteiger partial charge in [-0.3, -0.25) is 0 Å². The monoisotopic (exact) mass is 195 g/mol. The van der Waals surface area contributed by atoms with E-state index in [1.54, 1.807) is 0 Å². The summed E-state index contributed by atoms with van der Waals surface area (Å²) in [5.41, 5.74) is 3.09. The minimum absolute atomic E-state index is 0.711. The summed E-state index contributed by atoms with van der Waals surface area (Å²) < 4.78 is 2.15. The molecule has 3 heteroatoms. The van der Waals surface area contributed by atoms with Gasteiger partial charge in [0.05, 0.1) is 23.7 Å². The van der Waals surface area contributed by atoms with Gasteiger partial charge in [-0.25, -0.2) is 0 Å². The van der Waals surface area contributed by atoms with Gasteiger partial charge in [0.25, 0.3) is 0 Å². The molecule has 1 aromatic carbocycles. The summed E-state index contributed by atoms with van der Waals surface area (Å²) >= 11 is 0. The first-order valence-corrected chi connectivity index (χ1v) is 4.82. The van der Waals surface area contributed by atoms with E-state index in [-0.39, 0.29) is 0 Å². The molecule has 15 heavy (non-hydrogen) atoms. The Morgan fingerprint density at radius 1 is 1.33 bits per heavy atom. The van der Waals surface area contributed by atoms with Gasteiger partial charge in [-0.2, -0.15) is 5.26 Å². The lowest BCUT2D eigenvalue weighted by molar-refractivity contribution is 0.797. The van der Waals surface area contributed by atoms with E-state index in [9.17, 15) is 0 Å². The number of rotatable bonds is 0. The van der Waals surface area contributed by atoms with Crippen LogP contribution in [-0.4, -0.2) is 4.57 Å². The van der Waals surface area contributed by atoms with E-state index in [0.717, 1.165) is 17.4 Å². The smallest absolute Gasteiger partial charge is 0.0991 e. The van der Waals surface area contributed by atoms with Gasteiger partial charge in [-0.1, -0.05) is 0 Å². The minimum atomic E-state index is 0.711. The molecule has 2 aromatic rings. The summed E-state index contributed by atoms with van der Waals surface area (Å²) in [5.74, 6) is 0. The van der Waals surface area contributed by atoms with Crippen LogP contribution in [0.2, 0.25) is 0 Å². The maximum atomic E-state index is 8.82. The Morgan fingerprint density at radius 2 is 2.27 bits per heavy atom. The molecule has 0 spiro atoms. The molecule has 1 aliphatic rings. The predicted molar refractivity (Wildman–Crippen MR) is 58.8 cm³/mol. The van der Waals surface area contributed by atoms with Crippen molar-refractivity contribution in [3.8, 4) is 6.07 Å². The minimum Gasteiger partial charge on any atom is -0.384 e. The molecule has 3 nitrogen and oxygen atoms in total. The van der Waals surface area contributed by atoms with Crippen molar-refractivity contribution in [2.45, 2.75) is 6.54 Å². The Morgan fingerprint density at radius 3 is 3.13 bits per heavy atom. The number of nitriles is 1. The number of nitrogens with one attached hydrogen (secondary N) is 1. The average Bonchev–Trinajstić information content (AvgIpc) is 2.66. The zero-order valence-corrected chi connectivity index (χ0v) is 8.07. The largest absolute Gasteiger partial charge is 0.384 e. The Kier molecular flexibility index (Phi) is 1.57. The van der Waals surface area contributed by atoms with E-state index in [4.69, 9.17) is 5.26 Å². The van der Waals surface area contributed by atoms with Crippen LogP contribution in [0, 0.1) is 11.3 Å². The molecule has 0 saturated heterocycles. The number of hydrogen-bond acceptors (Lipinski definition) is 2. The molecule has 3 rings (SSSR count). The second-order valence-corrected chi connectivity index (χ2v) is 3.59. The quantitative estimate of drug-likeness (QED) is 0.698. The molecule has 1 aliphatic heterocycles. The Balaban J connectivity index is 2.34. The number of aromatic nitrogens is 1. The highest BCUT2D eigenvalue weighted by molar-refractivity contribution is 5.84. The van der Waals surface area contributed by atoms with Crippen molar-refractivity contribution in [3.05, 3.63) is 41.7 Å². The third kappa shape index (κ3) is 1.12. The first kappa shape index (κ1) is 8.13. The lowest BCUT2D eigenvalue weighted by Crippen LogP contribution is -2.12. The van der Waals surface area contributed by atoms with Crippen molar-refractivity contribution >= 4 is 17.1 Å². The van der Waals surface area contributed by atoms with Crippen molar-refractivity contribution in [1.29, 1.82) is 5.26 Å². The molecule has 0 amide bonds. The first-order valence-electron chi connectivity index (χ1n) is 4.82. The van der Waals surface area contributed by atoms with Crippen molar-refractivity contribution in [2.24, 2.45) is 0 Å². The molecule has 2 heterocycles. The maximum Gasteiger partial charge on any atom is 0.0991 e. The summed E-state index contributed by atoms with van der Waals surface area (Å²) in [4.78, 5) is 0. The lowest BCUT2D eigenvalue weighted by Gasteiger charge is -2.10. The van der Waals surface area contributed by atoms with Gasteiger partial charge in [0.2, 0.25) is 0 Å². The van der Waals surface area contributed by atoms with Gasteiger partial charge in [0, 0.05) is 23.5 Å². The van der Waals surface area contributed by atoms with Crippen molar-refractivity contribution in [2.75, 3.05) is 0 Å². The van der Waals surface area contributed by atoms with Crippen LogP contribution in [0.5, 0.6) is 0 Å². The number of benzene rings is 1. The summed E-state index contributed by atoms with van der Waals surface area (Å²) in [6, 6.07) is 10.0. The molecule has 0 atom stereocenters. The van der Waals surface area contributed by atoms with Gasteiger partial charge < -0.3 is 9.88 Å². The molecule has 0 unspecified atom stereocenters. The van der Waals surface area contributed by atoms with E-state index in [1.165, 1.54) is 5.69 Å². The van der Waals surface area contributed by atoms with Crippen LogP contribution < -0.4 is 5.32 Å².